The highest BCUT2D eigenvalue weighted by Gasteiger charge is 2.26. The molecule has 0 bridgehead atoms. The van der Waals surface area contributed by atoms with Gasteiger partial charge < -0.3 is 9.74 Å². The number of carbonyl (C=O) groups excluding carboxylic acids is 1. The minimum absolute atomic E-state index is 0.146. The van der Waals surface area contributed by atoms with E-state index in [9.17, 15) is 9.18 Å². The van der Waals surface area contributed by atoms with E-state index in [2.05, 4.69) is 4.85 Å². The Morgan fingerprint density at radius 2 is 2.55 bits per heavy atom. The molecule has 4 heteroatoms. The van der Waals surface area contributed by atoms with Gasteiger partial charge in [-0.1, -0.05) is 0 Å². The van der Waals surface area contributed by atoms with E-state index in [1.165, 1.54) is 4.90 Å². The van der Waals surface area contributed by atoms with Crippen LogP contribution in [0.1, 0.15) is 6.42 Å². The van der Waals surface area contributed by atoms with Crippen LogP contribution < -0.4 is 0 Å². The van der Waals surface area contributed by atoms with E-state index >= 15 is 0 Å². The van der Waals surface area contributed by atoms with E-state index in [0.717, 1.165) is 0 Å². The largest absolute Gasteiger partial charge is 0.333 e. The SMILES string of the molecule is [C-]#[N+]CC(=O)N1CCC(F)C1. The topological polar surface area (TPSA) is 24.7 Å². The molecule has 0 aliphatic carbocycles. The Morgan fingerprint density at radius 3 is 3.00 bits per heavy atom. The number of rotatable bonds is 1. The van der Waals surface area contributed by atoms with Crippen LogP contribution in [0.25, 0.3) is 4.85 Å². The molecule has 1 rings (SSSR count). The van der Waals surface area contributed by atoms with Crippen LogP contribution in [0, 0.1) is 6.57 Å². The van der Waals surface area contributed by atoms with E-state index in [0.29, 0.717) is 13.0 Å². The first-order valence-corrected chi connectivity index (χ1v) is 3.49. The zero-order chi connectivity index (χ0) is 8.27. The Morgan fingerprint density at radius 1 is 1.82 bits per heavy atom. The molecular formula is C7H9FN2O. The van der Waals surface area contributed by atoms with Crippen LogP contribution in [-0.4, -0.2) is 36.6 Å². The van der Waals surface area contributed by atoms with Crippen LogP contribution in [0.4, 0.5) is 4.39 Å². The maximum Gasteiger partial charge on any atom is 0.302 e. The van der Waals surface area contributed by atoms with Crippen molar-refractivity contribution in [1.29, 1.82) is 0 Å². The number of likely N-dealkylation sites (tertiary alicyclic amines) is 1. The van der Waals surface area contributed by atoms with E-state index in [4.69, 9.17) is 6.57 Å². The summed E-state index contributed by atoms with van der Waals surface area (Å²) >= 11 is 0. The average molecular weight is 156 g/mol. The summed E-state index contributed by atoms with van der Waals surface area (Å²) in [5, 5.41) is 0. The van der Waals surface area contributed by atoms with Gasteiger partial charge in [0.1, 0.15) is 6.17 Å². The second-order valence-corrected chi connectivity index (χ2v) is 2.54. The van der Waals surface area contributed by atoms with Crippen LogP contribution in [0.3, 0.4) is 0 Å². The Bertz CT molecular complexity index is 199. The van der Waals surface area contributed by atoms with Crippen LogP contribution in [-0.2, 0) is 4.79 Å². The lowest BCUT2D eigenvalue weighted by Crippen LogP contribution is -2.30. The highest BCUT2D eigenvalue weighted by Crippen LogP contribution is 2.11. The smallest absolute Gasteiger partial charge is 0.302 e. The van der Waals surface area contributed by atoms with Gasteiger partial charge in [0.2, 0.25) is 0 Å². The zero-order valence-corrected chi connectivity index (χ0v) is 6.09. The number of alkyl halides is 1. The van der Waals surface area contributed by atoms with Gasteiger partial charge in [0, 0.05) is 6.54 Å². The lowest BCUT2D eigenvalue weighted by atomic mass is 10.3. The normalized spacial score (nSPS) is 23.3. The van der Waals surface area contributed by atoms with Crippen molar-refractivity contribution < 1.29 is 9.18 Å². The fourth-order valence-electron chi connectivity index (χ4n) is 1.11. The van der Waals surface area contributed by atoms with E-state index < -0.39 is 6.17 Å². The Kier molecular flexibility index (Phi) is 2.42. The summed E-state index contributed by atoms with van der Waals surface area (Å²) in [6, 6.07) is 0. The monoisotopic (exact) mass is 156 g/mol. The van der Waals surface area contributed by atoms with Gasteiger partial charge in [-0.25, -0.2) is 11.0 Å². The zero-order valence-electron chi connectivity index (χ0n) is 6.09. The molecule has 1 unspecified atom stereocenters. The Labute approximate surface area is 64.6 Å². The highest BCUT2D eigenvalue weighted by molar-refractivity contribution is 5.79. The molecule has 0 spiro atoms. The van der Waals surface area contributed by atoms with Gasteiger partial charge in [-0.05, 0) is 6.42 Å². The summed E-state index contributed by atoms with van der Waals surface area (Å²) < 4.78 is 12.5. The summed E-state index contributed by atoms with van der Waals surface area (Å²) in [4.78, 5) is 15.3. The molecule has 1 amide bonds. The lowest BCUT2D eigenvalue weighted by molar-refractivity contribution is -0.128. The van der Waals surface area contributed by atoms with Gasteiger partial charge in [0.25, 0.3) is 6.54 Å². The number of carbonyl (C=O) groups is 1. The maximum absolute atomic E-state index is 12.5. The molecule has 0 aromatic carbocycles. The van der Waals surface area contributed by atoms with Gasteiger partial charge >= 0.3 is 5.91 Å². The molecule has 60 valence electrons. The molecule has 0 aromatic heterocycles. The minimum atomic E-state index is -0.885. The molecule has 3 nitrogen and oxygen atoms in total. The highest BCUT2D eigenvalue weighted by atomic mass is 19.1. The van der Waals surface area contributed by atoms with Crippen molar-refractivity contribution in [3.8, 4) is 0 Å². The summed E-state index contributed by atoms with van der Waals surface area (Å²) in [5.41, 5.74) is 0. The molecule has 0 radical (unpaired) electrons. The quantitative estimate of drug-likeness (QED) is 0.507. The first kappa shape index (κ1) is 7.99. The first-order chi connectivity index (χ1) is 5.24. The molecule has 0 saturated carbocycles. The van der Waals surface area contributed by atoms with E-state index in [-0.39, 0.29) is 19.0 Å². The van der Waals surface area contributed by atoms with Crippen molar-refractivity contribution in [2.75, 3.05) is 19.6 Å². The van der Waals surface area contributed by atoms with Crippen molar-refractivity contribution in [2.45, 2.75) is 12.6 Å². The standard InChI is InChI=1S/C7H9FN2O/c1-9-4-7(11)10-3-2-6(8)5-10/h6H,2-5H2. The second-order valence-electron chi connectivity index (χ2n) is 2.54. The molecule has 1 aliphatic heterocycles. The summed E-state index contributed by atoms with van der Waals surface area (Å²) in [7, 11) is 0. The van der Waals surface area contributed by atoms with Crippen molar-refractivity contribution in [1.82, 2.24) is 4.90 Å². The van der Waals surface area contributed by atoms with E-state index in [1.807, 2.05) is 0 Å². The molecule has 1 atom stereocenters. The predicted octanol–water partition coefficient (Wildman–Crippen LogP) is 0.476. The fourth-order valence-corrected chi connectivity index (χ4v) is 1.11. The molecule has 1 heterocycles. The summed E-state index contributed by atoms with van der Waals surface area (Å²) in [6.07, 6.45) is -0.464. The predicted molar refractivity (Wildman–Crippen MR) is 37.6 cm³/mol. The summed E-state index contributed by atoms with van der Waals surface area (Å²) in [5.74, 6) is -0.250. The number of amides is 1. The van der Waals surface area contributed by atoms with Gasteiger partial charge in [-0.3, -0.25) is 4.79 Å². The maximum atomic E-state index is 12.5. The number of hydrogen-bond acceptors (Lipinski definition) is 1. The Hall–Kier alpha value is -1.11. The van der Waals surface area contributed by atoms with Gasteiger partial charge in [-0.2, -0.15) is 0 Å². The molecule has 0 N–H and O–H groups in total. The number of halogens is 1. The van der Waals surface area contributed by atoms with Crippen molar-refractivity contribution >= 4 is 5.91 Å². The first-order valence-electron chi connectivity index (χ1n) is 3.49. The number of nitrogens with zero attached hydrogens (tertiary/aromatic N) is 2. The third kappa shape index (κ3) is 1.90. The molecule has 11 heavy (non-hydrogen) atoms. The van der Waals surface area contributed by atoms with Crippen LogP contribution in [0.15, 0.2) is 0 Å². The van der Waals surface area contributed by atoms with Crippen LogP contribution in [0.5, 0.6) is 0 Å². The van der Waals surface area contributed by atoms with Crippen molar-refractivity contribution in [3.05, 3.63) is 11.4 Å². The Balaban J connectivity index is 2.38. The van der Waals surface area contributed by atoms with Crippen LogP contribution >= 0.6 is 0 Å². The molecule has 1 saturated heterocycles. The molecule has 1 fully saturated rings. The average Bonchev–Trinajstić information content (AvgIpc) is 2.36. The van der Waals surface area contributed by atoms with Gasteiger partial charge in [-0.15, -0.1) is 0 Å². The molecular weight excluding hydrogens is 147 g/mol. The van der Waals surface area contributed by atoms with Crippen molar-refractivity contribution in [3.63, 3.8) is 0 Å². The second kappa shape index (κ2) is 3.33. The minimum Gasteiger partial charge on any atom is -0.333 e. The number of hydrogen-bond donors (Lipinski definition) is 0. The molecule has 0 aromatic rings. The lowest BCUT2D eigenvalue weighted by Gasteiger charge is -2.10. The summed E-state index contributed by atoms with van der Waals surface area (Å²) in [6.45, 7) is 6.93. The van der Waals surface area contributed by atoms with E-state index in [1.54, 1.807) is 0 Å². The van der Waals surface area contributed by atoms with Crippen LogP contribution in [0.2, 0.25) is 0 Å². The van der Waals surface area contributed by atoms with Crippen molar-refractivity contribution in [2.24, 2.45) is 0 Å². The van der Waals surface area contributed by atoms with Gasteiger partial charge in [0.15, 0.2) is 0 Å². The third-order valence-corrected chi connectivity index (χ3v) is 1.70. The molecule has 1 aliphatic rings. The third-order valence-electron chi connectivity index (χ3n) is 1.70. The van der Waals surface area contributed by atoms with Gasteiger partial charge in [0.05, 0.1) is 6.54 Å². The fraction of sp³-hybridized carbons (Fsp3) is 0.714.